The van der Waals surface area contributed by atoms with Gasteiger partial charge < -0.3 is 14.6 Å². The topological polar surface area (TPSA) is 103 Å². The SMILES string of the molecule is O=[N+]([O-])c1ccc(-c2nc(C3CNCCO3)no2)c(F)c1. The Morgan fingerprint density at radius 2 is 2.33 bits per heavy atom. The third-order valence-corrected chi connectivity index (χ3v) is 3.05. The molecule has 2 aromatic rings. The van der Waals surface area contributed by atoms with E-state index in [4.69, 9.17) is 9.26 Å². The molecule has 0 aliphatic carbocycles. The van der Waals surface area contributed by atoms with Crippen LogP contribution in [0.2, 0.25) is 0 Å². The van der Waals surface area contributed by atoms with Crippen LogP contribution in [0.5, 0.6) is 0 Å². The number of benzene rings is 1. The molecular formula is C12H11FN4O4. The van der Waals surface area contributed by atoms with Crippen LogP contribution in [0.3, 0.4) is 0 Å². The van der Waals surface area contributed by atoms with Crippen LogP contribution in [0.1, 0.15) is 11.9 Å². The van der Waals surface area contributed by atoms with Crippen molar-refractivity contribution in [1.29, 1.82) is 0 Å². The van der Waals surface area contributed by atoms with Crippen LogP contribution in [0.15, 0.2) is 22.7 Å². The first kappa shape index (κ1) is 13.6. The first-order valence-corrected chi connectivity index (χ1v) is 6.25. The summed E-state index contributed by atoms with van der Waals surface area (Å²) < 4.78 is 24.3. The fourth-order valence-corrected chi connectivity index (χ4v) is 2.00. The number of rotatable bonds is 3. The highest BCUT2D eigenvalue weighted by atomic mass is 19.1. The van der Waals surface area contributed by atoms with Gasteiger partial charge in [-0.3, -0.25) is 10.1 Å². The summed E-state index contributed by atoms with van der Waals surface area (Å²) in [7, 11) is 0. The first-order chi connectivity index (χ1) is 10.1. The molecule has 0 spiro atoms. The second kappa shape index (κ2) is 5.54. The predicted octanol–water partition coefficient (Wildman–Crippen LogP) is 1.44. The Kier molecular flexibility index (Phi) is 3.59. The van der Waals surface area contributed by atoms with Crippen molar-refractivity contribution in [3.05, 3.63) is 40.0 Å². The van der Waals surface area contributed by atoms with Crippen LogP contribution >= 0.6 is 0 Å². The van der Waals surface area contributed by atoms with E-state index in [2.05, 4.69) is 15.5 Å². The van der Waals surface area contributed by atoms with Gasteiger partial charge in [-0.2, -0.15) is 4.98 Å². The van der Waals surface area contributed by atoms with E-state index in [1.807, 2.05) is 0 Å². The molecule has 3 rings (SSSR count). The predicted molar refractivity (Wildman–Crippen MR) is 67.9 cm³/mol. The highest BCUT2D eigenvalue weighted by molar-refractivity contribution is 5.56. The van der Waals surface area contributed by atoms with Crippen molar-refractivity contribution in [2.75, 3.05) is 19.7 Å². The third-order valence-electron chi connectivity index (χ3n) is 3.05. The van der Waals surface area contributed by atoms with Gasteiger partial charge in [0.15, 0.2) is 0 Å². The summed E-state index contributed by atoms with van der Waals surface area (Å²) in [4.78, 5) is 14.0. The van der Waals surface area contributed by atoms with Crippen molar-refractivity contribution in [2.24, 2.45) is 0 Å². The Morgan fingerprint density at radius 3 is 3.00 bits per heavy atom. The molecule has 0 radical (unpaired) electrons. The smallest absolute Gasteiger partial charge is 0.272 e. The summed E-state index contributed by atoms with van der Waals surface area (Å²) in [6.07, 6.45) is -0.350. The van der Waals surface area contributed by atoms with Gasteiger partial charge in [0.2, 0.25) is 5.82 Å². The van der Waals surface area contributed by atoms with Crippen molar-refractivity contribution >= 4 is 5.69 Å². The van der Waals surface area contributed by atoms with Gasteiger partial charge in [0.25, 0.3) is 11.6 Å². The van der Waals surface area contributed by atoms with Crippen molar-refractivity contribution in [2.45, 2.75) is 6.10 Å². The molecule has 1 saturated heterocycles. The molecule has 1 fully saturated rings. The number of nitrogens with zero attached hydrogens (tertiary/aromatic N) is 3. The maximum absolute atomic E-state index is 13.9. The van der Waals surface area contributed by atoms with E-state index in [9.17, 15) is 14.5 Å². The van der Waals surface area contributed by atoms with E-state index in [0.29, 0.717) is 19.0 Å². The molecule has 1 atom stereocenters. The average Bonchev–Trinajstić information content (AvgIpc) is 2.97. The standard InChI is InChI=1S/C12H11FN4O4/c13-9-5-7(17(18)19)1-2-8(9)12-15-11(16-21-12)10-6-14-3-4-20-10/h1-2,5,10,14H,3-4,6H2. The molecule has 9 heteroatoms. The number of aromatic nitrogens is 2. The number of halogens is 1. The van der Waals surface area contributed by atoms with Gasteiger partial charge in [0, 0.05) is 19.2 Å². The Hall–Kier alpha value is -2.39. The number of nitrogens with one attached hydrogen (secondary N) is 1. The maximum atomic E-state index is 13.9. The van der Waals surface area contributed by atoms with E-state index in [1.54, 1.807) is 0 Å². The molecule has 21 heavy (non-hydrogen) atoms. The minimum absolute atomic E-state index is 0.0168. The molecule has 0 amide bonds. The third kappa shape index (κ3) is 2.73. The van der Waals surface area contributed by atoms with Gasteiger partial charge >= 0.3 is 0 Å². The molecule has 1 aliphatic heterocycles. The molecule has 8 nitrogen and oxygen atoms in total. The normalized spacial score (nSPS) is 18.6. The van der Waals surface area contributed by atoms with E-state index in [1.165, 1.54) is 12.1 Å². The Bertz CT molecular complexity index is 669. The minimum atomic E-state index is -0.790. The number of nitro benzene ring substituents is 1. The quantitative estimate of drug-likeness (QED) is 0.674. The van der Waals surface area contributed by atoms with E-state index in [-0.39, 0.29) is 23.2 Å². The number of ether oxygens (including phenoxy) is 1. The number of non-ortho nitro benzene ring substituents is 1. The van der Waals surface area contributed by atoms with Crippen molar-refractivity contribution in [3.8, 4) is 11.5 Å². The van der Waals surface area contributed by atoms with Crippen LogP contribution in [0.25, 0.3) is 11.5 Å². The van der Waals surface area contributed by atoms with Gasteiger partial charge in [0.1, 0.15) is 11.9 Å². The second-order valence-electron chi connectivity index (χ2n) is 4.44. The van der Waals surface area contributed by atoms with Gasteiger partial charge in [-0.05, 0) is 6.07 Å². The van der Waals surface area contributed by atoms with E-state index in [0.717, 1.165) is 12.6 Å². The average molecular weight is 294 g/mol. The van der Waals surface area contributed by atoms with E-state index < -0.39 is 10.7 Å². The first-order valence-electron chi connectivity index (χ1n) is 6.25. The van der Waals surface area contributed by atoms with Crippen LogP contribution in [0, 0.1) is 15.9 Å². The second-order valence-corrected chi connectivity index (χ2v) is 4.44. The zero-order valence-electron chi connectivity index (χ0n) is 10.8. The fourth-order valence-electron chi connectivity index (χ4n) is 2.00. The van der Waals surface area contributed by atoms with Crippen molar-refractivity contribution in [3.63, 3.8) is 0 Å². The lowest BCUT2D eigenvalue weighted by molar-refractivity contribution is -0.385. The Balaban J connectivity index is 1.87. The largest absolute Gasteiger partial charge is 0.367 e. The van der Waals surface area contributed by atoms with Gasteiger partial charge in [-0.1, -0.05) is 5.16 Å². The lowest BCUT2D eigenvalue weighted by Gasteiger charge is -2.20. The van der Waals surface area contributed by atoms with Crippen molar-refractivity contribution < 1.29 is 18.6 Å². The molecular weight excluding hydrogens is 283 g/mol. The number of nitro groups is 1. The molecule has 1 aromatic heterocycles. The number of hydrogen-bond acceptors (Lipinski definition) is 7. The van der Waals surface area contributed by atoms with Crippen LogP contribution in [-0.4, -0.2) is 34.8 Å². The lowest BCUT2D eigenvalue weighted by Crippen LogP contribution is -2.33. The fraction of sp³-hybridized carbons (Fsp3) is 0.333. The lowest BCUT2D eigenvalue weighted by atomic mass is 10.2. The monoisotopic (exact) mass is 294 g/mol. The highest BCUT2D eigenvalue weighted by Crippen LogP contribution is 2.26. The summed E-state index contributed by atoms with van der Waals surface area (Å²) in [6.45, 7) is 1.82. The molecule has 1 unspecified atom stereocenters. The van der Waals surface area contributed by atoms with Crippen LogP contribution in [0.4, 0.5) is 10.1 Å². The summed E-state index contributed by atoms with van der Waals surface area (Å²) >= 11 is 0. The maximum Gasteiger partial charge on any atom is 0.272 e. The Morgan fingerprint density at radius 1 is 1.48 bits per heavy atom. The summed E-state index contributed by atoms with van der Waals surface area (Å²) in [6, 6.07) is 3.24. The zero-order valence-corrected chi connectivity index (χ0v) is 10.8. The molecule has 2 heterocycles. The highest BCUT2D eigenvalue weighted by Gasteiger charge is 2.23. The minimum Gasteiger partial charge on any atom is -0.367 e. The number of hydrogen-bond donors (Lipinski definition) is 1. The van der Waals surface area contributed by atoms with Gasteiger partial charge in [-0.15, -0.1) is 0 Å². The molecule has 0 bridgehead atoms. The molecule has 110 valence electrons. The molecule has 0 saturated carbocycles. The van der Waals surface area contributed by atoms with E-state index >= 15 is 0 Å². The van der Waals surface area contributed by atoms with Crippen molar-refractivity contribution in [1.82, 2.24) is 15.5 Å². The van der Waals surface area contributed by atoms with Gasteiger partial charge in [0.05, 0.1) is 23.2 Å². The molecule has 1 aliphatic rings. The Labute approximate surface area is 118 Å². The van der Waals surface area contributed by atoms with Crippen LogP contribution in [-0.2, 0) is 4.74 Å². The summed E-state index contributed by atoms with van der Waals surface area (Å²) in [5, 5.41) is 17.5. The summed E-state index contributed by atoms with van der Waals surface area (Å²) in [5.41, 5.74) is -0.320. The molecule has 1 N–H and O–H groups in total. The molecule has 1 aromatic carbocycles. The van der Waals surface area contributed by atoms with Gasteiger partial charge in [-0.25, -0.2) is 4.39 Å². The number of morpholine rings is 1. The summed E-state index contributed by atoms with van der Waals surface area (Å²) in [5.74, 6) is -0.511. The van der Waals surface area contributed by atoms with Crippen LogP contribution < -0.4 is 5.32 Å². The zero-order chi connectivity index (χ0) is 14.8.